The summed E-state index contributed by atoms with van der Waals surface area (Å²) in [4.78, 5) is 16.2. The van der Waals surface area contributed by atoms with Crippen LogP contribution in [0.15, 0.2) is 36.9 Å². The van der Waals surface area contributed by atoms with Crippen molar-refractivity contribution in [2.24, 2.45) is 17.8 Å². The van der Waals surface area contributed by atoms with E-state index in [2.05, 4.69) is 33.6 Å². The summed E-state index contributed by atoms with van der Waals surface area (Å²) < 4.78 is 1.80. The van der Waals surface area contributed by atoms with Crippen LogP contribution in [-0.2, 0) is 17.9 Å². The SMILES string of the molecule is O=C(CC1CC2CCC1C2)NCc1cccc(Cn2cncn2)c1. The fraction of sp³-hybridized carbons (Fsp3) is 0.526. The molecule has 24 heavy (non-hydrogen) atoms. The third-order valence-corrected chi connectivity index (χ3v) is 5.62. The van der Waals surface area contributed by atoms with Crippen molar-refractivity contribution in [3.05, 3.63) is 48.0 Å². The molecule has 2 fully saturated rings. The van der Waals surface area contributed by atoms with Gasteiger partial charge in [-0.2, -0.15) is 5.10 Å². The highest BCUT2D eigenvalue weighted by Gasteiger charge is 2.39. The first kappa shape index (κ1) is 15.4. The second-order valence-corrected chi connectivity index (χ2v) is 7.33. The Morgan fingerprint density at radius 3 is 2.92 bits per heavy atom. The zero-order valence-electron chi connectivity index (χ0n) is 13.9. The number of benzene rings is 1. The van der Waals surface area contributed by atoms with Crippen molar-refractivity contribution < 1.29 is 4.79 Å². The highest BCUT2D eigenvalue weighted by atomic mass is 16.1. The molecular weight excluding hydrogens is 300 g/mol. The fourth-order valence-corrected chi connectivity index (χ4v) is 4.48. The molecule has 0 spiro atoms. The second kappa shape index (κ2) is 6.75. The van der Waals surface area contributed by atoms with Crippen LogP contribution in [0.1, 0.15) is 43.2 Å². The number of nitrogens with zero attached hydrogens (tertiary/aromatic N) is 3. The molecule has 2 bridgehead atoms. The van der Waals surface area contributed by atoms with Gasteiger partial charge in [0.1, 0.15) is 12.7 Å². The van der Waals surface area contributed by atoms with E-state index >= 15 is 0 Å². The zero-order valence-corrected chi connectivity index (χ0v) is 13.9. The number of nitrogens with one attached hydrogen (secondary N) is 1. The Kier molecular flexibility index (Phi) is 4.32. The third kappa shape index (κ3) is 3.50. The predicted molar refractivity (Wildman–Crippen MR) is 91.0 cm³/mol. The van der Waals surface area contributed by atoms with Crippen molar-refractivity contribution in [2.75, 3.05) is 0 Å². The minimum atomic E-state index is 0.203. The van der Waals surface area contributed by atoms with Crippen LogP contribution in [-0.4, -0.2) is 20.7 Å². The van der Waals surface area contributed by atoms with Gasteiger partial charge in [-0.25, -0.2) is 9.67 Å². The normalized spacial score (nSPS) is 25.1. The van der Waals surface area contributed by atoms with Gasteiger partial charge in [-0.05, 0) is 48.1 Å². The molecular formula is C19H24N4O. The van der Waals surface area contributed by atoms with Gasteiger partial charge in [0.05, 0.1) is 6.54 Å². The molecule has 3 atom stereocenters. The largest absolute Gasteiger partial charge is 0.352 e. The van der Waals surface area contributed by atoms with Gasteiger partial charge in [-0.1, -0.05) is 30.7 Å². The number of fused-ring (bicyclic) bond motifs is 2. The Morgan fingerprint density at radius 2 is 2.17 bits per heavy atom. The molecule has 2 aliphatic rings. The number of carbonyl (C=O) groups excluding carboxylic acids is 1. The van der Waals surface area contributed by atoms with E-state index in [0.717, 1.165) is 17.4 Å². The second-order valence-electron chi connectivity index (χ2n) is 7.33. The maximum Gasteiger partial charge on any atom is 0.220 e. The molecule has 1 N–H and O–H groups in total. The van der Waals surface area contributed by atoms with Crippen molar-refractivity contribution in [2.45, 2.75) is 45.2 Å². The third-order valence-electron chi connectivity index (χ3n) is 5.62. The monoisotopic (exact) mass is 324 g/mol. The number of rotatable bonds is 6. The van der Waals surface area contributed by atoms with Gasteiger partial charge in [0.15, 0.2) is 0 Å². The van der Waals surface area contributed by atoms with Crippen LogP contribution < -0.4 is 5.32 Å². The Balaban J connectivity index is 1.28. The lowest BCUT2D eigenvalue weighted by Crippen LogP contribution is -2.27. The minimum absolute atomic E-state index is 0.203. The summed E-state index contributed by atoms with van der Waals surface area (Å²) in [5.41, 5.74) is 2.30. The van der Waals surface area contributed by atoms with Crippen molar-refractivity contribution in [3.63, 3.8) is 0 Å². The Bertz CT molecular complexity index is 697. The summed E-state index contributed by atoms with van der Waals surface area (Å²) in [7, 11) is 0. The summed E-state index contributed by atoms with van der Waals surface area (Å²) in [5.74, 6) is 2.55. The van der Waals surface area contributed by atoms with Crippen LogP contribution in [0, 0.1) is 17.8 Å². The lowest BCUT2D eigenvalue weighted by atomic mass is 9.86. The van der Waals surface area contributed by atoms with Crippen LogP contribution in [0.4, 0.5) is 0 Å². The molecule has 0 saturated heterocycles. The Labute approximate surface area is 142 Å². The van der Waals surface area contributed by atoms with Crippen molar-refractivity contribution in [1.82, 2.24) is 20.1 Å². The van der Waals surface area contributed by atoms with Crippen molar-refractivity contribution in [1.29, 1.82) is 0 Å². The van der Waals surface area contributed by atoms with Gasteiger partial charge in [-0.15, -0.1) is 0 Å². The first-order valence-corrected chi connectivity index (χ1v) is 8.93. The number of hydrogen-bond donors (Lipinski definition) is 1. The molecule has 2 aliphatic carbocycles. The van der Waals surface area contributed by atoms with Gasteiger partial charge < -0.3 is 5.32 Å². The maximum absolute atomic E-state index is 12.3. The predicted octanol–water partition coefficient (Wildman–Crippen LogP) is 2.77. The molecule has 1 heterocycles. The summed E-state index contributed by atoms with van der Waals surface area (Å²) in [6.07, 6.45) is 9.32. The van der Waals surface area contributed by atoms with Crippen molar-refractivity contribution >= 4 is 5.91 Å². The van der Waals surface area contributed by atoms with E-state index in [9.17, 15) is 4.79 Å². The zero-order chi connectivity index (χ0) is 16.4. The average molecular weight is 324 g/mol. The van der Waals surface area contributed by atoms with E-state index in [4.69, 9.17) is 0 Å². The molecule has 0 radical (unpaired) electrons. The summed E-state index contributed by atoms with van der Waals surface area (Å²) in [5, 5.41) is 7.22. The maximum atomic E-state index is 12.3. The Morgan fingerprint density at radius 1 is 1.25 bits per heavy atom. The van der Waals surface area contributed by atoms with Crippen LogP contribution in [0.5, 0.6) is 0 Å². The number of amides is 1. The van der Waals surface area contributed by atoms with E-state index in [0.29, 0.717) is 25.4 Å². The lowest BCUT2D eigenvalue weighted by Gasteiger charge is -2.20. The molecule has 1 aromatic heterocycles. The molecule has 3 unspecified atom stereocenters. The standard InChI is InChI=1S/C19H24N4O/c24-19(9-18-8-14-4-5-17(18)7-14)21-10-15-2-1-3-16(6-15)11-23-13-20-12-22-23/h1-3,6,12-14,17-18H,4-5,7-11H2,(H,21,24). The van der Waals surface area contributed by atoms with Crippen LogP contribution in [0.3, 0.4) is 0 Å². The van der Waals surface area contributed by atoms with Crippen LogP contribution >= 0.6 is 0 Å². The molecule has 4 rings (SSSR count). The molecule has 1 aromatic carbocycles. The van der Waals surface area contributed by atoms with E-state index in [1.54, 1.807) is 17.3 Å². The molecule has 5 nitrogen and oxygen atoms in total. The summed E-state index contributed by atoms with van der Waals surface area (Å²) >= 11 is 0. The van der Waals surface area contributed by atoms with Crippen LogP contribution in [0.25, 0.3) is 0 Å². The van der Waals surface area contributed by atoms with Crippen LogP contribution in [0.2, 0.25) is 0 Å². The molecule has 2 aromatic rings. The molecule has 0 aliphatic heterocycles. The van der Waals surface area contributed by atoms with Gasteiger partial charge in [0, 0.05) is 13.0 Å². The highest BCUT2D eigenvalue weighted by Crippen LogP contribution is 2.49. The average Bonchev–Trinajstić information content (AvgIpc) is 3.31. The topological polar surface area (TPSA) is 59.8 Å². The number of carbonyl (C=O) groups is 1. The van der Waals surface area contributed by atoms with Gasteiger partial charge in [0.2, 0.25) is 5.91 Å². The lowest BCUT2D eigenvalue weighted by molar-refractivity contribution is -0.122. The van der Waals surface area contributed by atoms with Gasteiger partial charge in [-0.3, -0.25) is 4.79 Å². The summed E-state index contributed by atoms with van der Waals surface area (Å²) in [6, 6.07) is 8.29. The fourth-order valence-electron chi connectivity index (χ4n) is 4.48. The first-order valence-electron chi connectivity index (χ1n) is 8.93. The molecule has 5 heteroatoms. The quantitative estimate of drug-likeness (QED) is 0.889. The number of aromatic nitrogens is 3. The smallest absolute Gasteiger partial charge is 0.220 e. The summed E-state index contributed by atoms with van der Waals surface area (Å²) in [6.45, 7) is 1.30. The molecule has 2 saturated carbocycles. The molecule has 1 amide bonds. The van der Waals surface area contributed by atoms with Gasteiger partial charge >= 0.3 is 0 Å². The first-order chi connectivity index (χ1) is 11.8. The number of hydrogen-bond acceptors (Lipinski definition) is 3. The van der Waals surface area contributed by atoms with E-state index in [-0.39, 0.29) is 5.91 Å². The Hall–Kier alpha value is -2.17. The van der Waals surface area contributed by atoms with Crippen molar-refractivity contribution in [3.8, 4) is 0 Å². The van der Waals surface area contributed by atoms with Gasteiger partial charge in [0.25, 0.3) is 0 Å². The van der Waals surface area contributed by atoms with E-state index < -0.39 is 0 Å². The highest BCUT2D eigenvalue weighted by molar-refractivity contribution is 5.76. The van der Waals surface area contributed by atoms with E-state index in [1.807, 2.05) is 6.07 Å². The van der Waals surface area contributed by atoms with E-state index in [1.165, 1.54) is 31.2 Å². The minimum Gasteiger partial charge on any atom is -0.352 e. The molecule has 126 valence electrons.